The number of fused-ring (bicyclic) bond motifs is 1. The van der Waals surface area contributed by atoms with Gasteiger partial charge in [-0.1, -0.05) is 24.3 Å². The maximum Gasteiger partial charge on any atom is 0.257 e. The standard InChI is InChI=1S/C21H19N5O/c1-22-10-14-4-6-15(7-5-14)17-9-18-19(13-25-20(18)24-12-17)26-21(27)16-3-2-8-23-11-16/h2-9,11-13,22H,10H2,1H3,(H,24,25)(H,26,27). The topological polar surface area (TPSA) is 82.7 Å². The average Bonchev–Trinajstić information content (AvgIpc) is 3.11. The maximum absolute atomic E-state index is 12.4. The van der Waals surface area contributed by atoms with Crippen molar-refractivity contribution in [1.82, 2.24) is 20.3 Å². The number of pyridine rings is 2. The number of amides is 1. The van der Waals surface area contributed by atoms with Crippen molar-refractivity contribution >= 4 is 22.6 Å². The molecule has 0 saturated carbocycles. The second kappa shape index (κ2) is 7.39. The van der Waals surface area contributed by atoms with Gasteiger partial charge >= 0.3 is 0 Å². The molecule has 3 heterocycles. The fourth-order valence-corrected chi connectivity index (χ4v) is 2.98. The van der Waals surface area contributed by atoms with Crippen LogP contribution in [-0.2, 0) is 6.54 Å². The molecule has 6 heteroatoms. The van der Waals surface area contributed by atoms with Crippen LogP contribution < -0.4 is 10.6 Å². The third-order valence-electron chi connectivity index (χ3n) is 4.37. The molecule has 0 spiro atoms. The molecule has 6 nitrogen and oxygen atoms in total. The summed E-state index contributed by atoms with van der Waals surface area (Å²) in [6.07, 6.45) is 6.77. The van der Waals surface area contributed by atoms with E-state index in [-0.39, 0.29) is 5.91 Å². The molecule has 0 radical (unpaired) electrons. The number of nitrogens with one attached hydrogen (secondary N) is 3. The first-order chi connectivity index (χ1) is 13.2. The predicted octanol–water partition coefficient (Wildman–Crippen LogP) is 3.60. The molecular formula is C21H19N5O. The summed E-state index contributed by atoms with van der Waals surface area (Å²) < 4.78 is 0. The molecule has 3 aromatic heterocycles. The van der Waals surface area contributed by atoms with E-state index in [1.807, 2.05) is 19.3 Å². The minimum absolute atomic E-state index is 0.203. The Hall–Kier alpha value is -3.51. The zero-order chi connectivity index (χ0) is 18.6. The molecule has 1 aromatic carbocycles. The zero-order valence-electron chi connectivity index (χ0n) is 14.9. The first-order valence-corrected chi connectivity index (χ1v) is 8.67. The molecule has 3 N–H and O–H groups in total. The third kappa shape index (κ3) is 3.56. The van der Waals surface area contributed by atoms with E-state index in [2.05, 4.69) is 49.9 Å². The van der Waals surface area contributed by atoms with Crippen molar-refractivity contribution in [1.29, 1.82) is 0 Å². The summed E-state index contributed by atoms with van der Waals surface area (Å²) in [6, 6.07) is 13.8. The van der Waals surface area contributed by atoms with E-state index in [0.717, 1.165) is 28.7 Å². The van der Waals surface area contributed by atoms with Crippen molar-refractivity contribution in [2.24, 2.45) is 0 Å². The molecule has 0 saturated heterocycles. The number of anilines is 1. The molecule has 4 aromatic rings. The lowest BCUT2D eigenvalue weighted by atomic mass is 10.0. The molecule has 0 aliphatic rings. The molecule has 4 rings (SSSR count). The van der Waals surface area contributed by atoms with Gasteiger partial charge < -0.3 is 15.6 Å². The molecule has 134 valence electrons. The van der Waals surface area contributed by atoms with Crippen LogP contribution in [0.4, 0.5) is 5.69 Å². The summed E-state index contributed by atoms with van der Waals surface area (Å²) in [7, 11) is 1.93. The molecule has 27 heavy (non-hydrogen) atoms. The Bertz CT molecular complexity index is 1070. The van der Waals surface area contributed by atoms with Gasteiger partial charge in [0.1, 0.15) is 5.65 Å². The number of rotatable bonds is 5. The first kappa shape index (κ1) is 16.9. The highest BCUT2D eigenvalue weighted by Gasteiger charge is 2.11. The molecule has 0 bridgehead atoms. The highest BCUT2D eigenvalue weighted by Crippen LogP contribution is 2.28. The normalized spacial score (nSPS) is 10.9. The van der Waals surface area contributed by atoms with Gasteiger partial charge in [0, 0.05) is 42.3 Å². The highest BCUT2D eigenvalue weighted by molar-refractivity contribution is 6.08. The Morgan fingerprint density at radius 1 is 1.11 bits per heavy atom. The van der Waals surface area contributed by atoms with Crippen LogP contribution in [0.15, 0.2) is 67.3 Å². The van der Waals surface area contributed by atoms with Gasteiger partial charge in [0.2, 0.25) is 0 Å². The smallest absolute Gasteiger partial charge is 0.257 e. The van der Waals surface area contributed by atoms with E-state index < -0.39 is 0 Å². The second-order valence-corrected chi connectivity index (χ2v) is 6.25. The Morgan fingerprint density at radius 2 is 1.96 bits per heavy atom. The number of carbonyl (C=O) groups excluding carboxylic acids is 1. The van der Waals surface area contributed by atoms with Crippen LogP contribution in [0, 0.1) is 0 Å². The molecule has 1 amide bonds. The number of benzene rings is 1. The lowest BCUT2D eigenvalue weighted by Gasteiger charge is -2.06. The lowest BCUT2D eigenvalue weighted by Crippen LogP contribution is -2.11. The van der Waals surface area contributed by atoms with Crippen molar-refractivity contribution in [2.45, 2.75) is 6.54 Å². The minimum atomic E-state index is -0.203. The van der Waals surface area contributed by atoms with E-state index in [4.69, 9.17) is 0 Å². The molecule has 0 atom stereocenters. The highest BCUT2D eigenvalue weighted by atomic mass is 16.1. The van der Waals surface area contributed by atoms with Crippen LogP contribution in [0.3, 0.4) is 0 Å². The summed E-state index contributed by atoms with van der Waals surface area (Å²) in [5.74, 6) is -0.203. The van der Waals surface area contributed by atoms with Crippen LogP contribution in [0.5, 0.6) is 0 Å². The van der Waals surface area contributed by atoms with Gasteiger partial charge in [-0.25, -0.2) is 4.98 Å². The van der Waals surface area contributed by atoms with Gasteiger partial charge in [0.05, 0.1) is 11.3 Å². The number of hydrogen-bond donors (Lipinski definition) is 3. The van der Waals surface area contributed by atoms with Gasteiger partial charge in [0.15, 0.2) is 0 Å². The Morgan fingerprint density at radius 3 is 2.70 bits per heavy atom. The molecule has 0 aliphatic heterocycles. The first-order valence-electron chi connectivity index (χ1n) is 8.67. The van der Waals surface area contributed by atoms with Gasteiger partial charge in [-0.2, -0.15) is 0 Å². The van der Waals surface area contributed by atoms with Gasteiger partial charge in [-0.3, -0.25) is 9.78 Å². The van der Waals surface area contributed by atoms with Gasteiger partial charge in [0.25, 0.3) is 5.91 Å². The number of carbonyl (C=O) groups is 1. The lowest BCUT2D eigenvalue weighted by molar-refractivity contribution is 0.102. The summed E-state index contributed by atoms with van der Waals surface area (Å²) >= 11 is 0. The fraction of sp³-hybridized carbons (Fsp3) is 0.0952. The van der Waals surface area contributed by atoms with E-state index >= 15 is 0 Å². The van der Waals surface area contributed by atoms with Crippen molar-refractivity contribution in [2.75, 3.05) is 12.4 Å². The number of H-pyrrole nitrogens is 1. The summed E-state index contributed by atoms with van der Waals surface area (Å²) in [6.45, 7) is 0.833. The summed E-state index contributed by atoms with van der Waals surface area (Å²) in [4.78, 5) is 24.0. The summed E-state index contributed by atoms with van der Waals surface area (Å²) in [5.41, 5.74) is 5.23. The van der Waals surface area contributed by atoms with Crippen molar-refractivity contribution in [3.05, 3.63) is 78.4 Å². The Balaban J connectivity index is 1.64. The molecule has 0 fully saturated rings. The Kier molecular flexibility index (Phi) is 4.63. The monoisotopic (exact) mass is 357 g/mol. The number of nitrogens with zero attached hydrogens (tertiary/aromatic N) is 2. The van der Waals surface area contributed by atoms with Crippen molar-refractivity contribution in [3.8, 4) is 11.1 Å². The van der Waals surface area contributed by atoms with E-state index in [0.29, 0.717) is 11.3 Å². The van der Waals surface area contributed by atoms with Crippen LogP contribution in [0.25, 0.3) is 22.2 Å². The molecule has 0 aliphatic carbocycles. The number of aromatic amines is 1. The van der Waals surface area contributed by atoms with E-state index in [9.17, 15) is 4.79 Å². The fourth-order valence-electron chi connectivity index (χ4n) is 2.98. The van der Waals surface area contributed by atoms with Crippen LogP contribution in [0.1, 0.15) is 15.9 Å². The van der Waals surface area contributed by atoms with E-state index in [1.165, 1.54) is 5.56 Å². The Labute approximate surface area is 156 Å². The predicted molar refractivity (Wildman–Crippen MR) is 106 cm³/mol. The zero-order valence-corrected chi connectivity index (χ0v) is 14.9. The average molecular weight is 357 g/mol. The van der Waals surface area contributed by atoms with Gasteiger partial charge in [-0.15, -0.1) is 0 Å². The van der Waals surface area contributed by atoms with Crippen LogP contribution >= 0.6 is 0 Å². The number of aromatic nitrogens is 3. The van der Waals surface area contributed by atoms with Gasteiger partial charge in [-0.05, 0) is 36.4 Å². The quantitative estimate of drug-likeness (QED) is 0.510. The third-order valence-corrected chi connectivity index (χ3v) is 4.37. The van der Waals surface area contributed by atoms with Crippen LogP contribution in [0.2, 0.25) is 0 Å². The molecular weight excluding hydrogens is 338 g/mol. The second-order valence-electron chi connectivity index (χ2n) is 6.25. The SMILES string of the molecule is CNCc1ccc(-c2cnc3[nH]cc(NC(=O)c4cccnc4)c3c2)cc1. The summed E-state index contributed by atoms with van der Waals surface area (Å²) in [5, 5.41) is 6.93. The minimum Gasteiger partial charge on any atom is -0.344 e. The largest absolute Gasteiger partial charge is 0.344 e. The van der Waals surface area contributed by atoms with Crippen LogP contribution in [-0.4, -0.2) is 27.9 Å². The van der Waals surface area contributed by atoms with Crippen molar-refractivity contribution in [3.63, 3.8) is 0 Å². The van der Waals surface area contributed by atoms with Crippen molar-refractivity contribution < 1.29 is 4.79 Å². The maximum atomic E-state index is 12.4. The molecule has 0 unspecified atom stereocenters. The van der Waals surface area contributed by atoms with E-state index in [1.54, 1.807) is 30.7 Å². The number of hydrogen-bond acceptors (Lipinski definition) is 4.